The molecule has 0 aromatic heterocycles. The van der Waals surface area contributed by atoms with Gasteiger partial charge in [0.25, 0.3) is 0 Å². The van der Waals surface area contributed by atoms with Crippen molar-refractivity contribution in [2.75, 3.05) is 0 Å². The van der Waals surface area contributed by atoms with E-state index in [4.69, 9.17) is 4.74 Å². The molecule has 4 rings (SSSR count). The molecule has 2 aliphatic carbocycles. The molecule has 1 aromatic carbocycles. The maximum Gasteiger partial charge on any atom is 0.339 e. The van der Waals surface area contributed by atoms with E-state index in [0.29, 0.717) is 23.1 Å². The molecule has 1 aromatic rings. The number of carbonyl (C=O) groups is 1. The van der Waals surface area contributed by atoms with Crippen LogP contribution >= 0.6 is 0 Å². The monoisotopic (exact) mass is 370 g/mol. The van der Waals surface area contributed by atoms with Gasteiger partial charge in [-0.25, -0.2) is 4.79 Å². The van der Waals surface area contributed by atoms with Crippen molar-refractivity contribution in [3.05, 3.63) is 34.4 Å². The van der Waals surface area contributed by atoms with Crippen LogP contribution in [0.1, 0.15) is 80.8 Å². The Hall–Kier alpha value is -1.97. The molecule has 0 amide bonds. The lowest BCUT2D eigenvalue weighted by molar-refractivity contribution is -0.133. The summed E-state index contributed by atoms with van der Waals surface area (Å²) in [6.07, 6.45) is 6.52. The number of hydrogen-bond donors (Lipinski definition) is 2. The minimum atomic E-state index is -1.07. The van der Waals surface area contributed by atoms with Crippen LogP contribution in [0.15, 0.2) is 17.7 Å². The van der Waals surface area contributed by atoms with Gasteiger partial charge in [-0.2, -0.15) is 0 Å². The van der Waals surface area contributed by atoms with Gasteiger partial charge in [-0.3, -0.25) is 0 Å². The highest BCUT2D eigenvalue weighted by Crippen LogP contribution is 2.75. The summed E-state index contributed by atoms with van der Waals surface area (Å²) >= 11 is 0. The van der Waals surface area contributed by atoms with Crippen molar-refractivity contribution in [2.45, 2.75) is 71.8 Å². The molecule has 0 saturated heterocycles. The van der Waals surface area contributed by atoms with Gasteiger partial charge >= 0.3 is 5.97 Å². The third kappa shape index (κ3) is 2.38. The van der Waals surface area contributed by atoms with Crippen LogP contribution in [0.5, 0.6) is 11.5 Å². The molecule has 4 nitrogen and oxygen atoms in total. The number of aromatic hydroxyl groups is 1. The van der Waals surface area contributed by atoms with Gasteiger partial charge in [-0.15, -0.1) is 0 Å². The molecule has 1 heterocycles. The normalized spacial score (nSPS) is 35.5. The van der Waals surface area contributed by atoms with E-state index in [1.54, 1.807) is 6.92 Å². The maximum atomic E-state index is 11.7. The van der Waals surface area contributed by atoms with Crippen molar-refractivity contribution < 1.29 is 19.7 Å². The van der Waals surface area contributed by atoms with E-state index < -0.39 is 5.97 Å². The van der Waals surface area contributed by atoms with Crippen LogP contribution in [-0.2, 0) is 0 Å². The molecule has 0 radical (unpaired) electrons. The number of fused-ring (bicyclic) bond motifs is 2. The summed E-state index contributed by atoms with van der Waals surface area (Å²) in [6.45, 7) is 10.5. The standard InChI is InChI=1S/C23H30O4/c1-12(2)7-6-9-22(4)14-8-10-23(5)18(14)19(22)17-15(27-23)11-13(3)16(20(17)24)21(25)26/h7,11,14,18-19,24H,6,8-10H2,1-5H3,(H,25,26)/t14-,18+,19+,22+,23+/m1/s1. The first kappa shape index (κ1) is 18.4. The number of carboxylic acids is 1. The zero-order valence-corrected chi connectivity index (χ0v) is 16.9. The third-order valence-electron chi connectivity index (χ3n) is 7.61. The summed E-state index contributed by atoms with van der Waals surface area (Å²) in [4.78, 5) is 11.7. The number of ether oxygens (including phenoxy) is 1. The molecule has 146 valence electrons. The number of aromatic carboxylic acids is 1. The molecule has 0 bridgehead atoms. The van der Waals surface area contributed by atoms with Gasteiger partial charge in [0.05, 0.1) is 0 Å². The van der Waals surface area contributed by atoms with Gasteiger partial charge in [-0.1, -0.05) is 18.6 Å². The van der Waals surface area contributed by atoms with Crippen LogP contribution in [0.2, 0.25) is 0 Å². The lowest BCUT2D eigenvalue weighted by Crippen LogP contribution is -2.60. The molecule has 2 fully saturated rings. The molecular formula is C23H30O4. The van der Waals surface area contributed by atoms with Crippen LogP contribution in [0.25, 0.3) is 0 Å². The van der Waals surface area contributed by atoms with E-state index in [2.05, 4.69) is 33.8 Å². The number of rotatable bonds is 4. The van der Waals surface area contributed by atoms with Crippen LogP contribution < -0.4 is 4.74 Å². The number of allylic oxidation sites excluding steroid dienone is 2. The molecule has 3 aliphatic rings. The number of hydrogen-bond acceptors (Lipinski definition) is 3. The van der Waals surface area contributed by atoms with Crippen LogP contribution in [-0.4, -0.2) is 21.8 Å². The summed E-state index contributed by atoms with van der Waals surface area (Å²) in [7, 11) is 0. The van der Waals surface area contributed by atoms with E-state index in [0.717, 1.165) is 31.2 Å². The van der Waals surface area contributed by atoms with Crippen molar-refractivity contribution in [3.63, 3.8) is 0 Å². The van der Waals surface area contributed by atoms with Crippen molar-refractivity contribution >= 4 is 5.97 Å². The van der Waals surface area contributed by atoms with Crippen molar-refractivity contribution in [1.82, 2.24) is 0 Å². The van der Waals surface area contributed by atoms with Gasteiger partial charge in [0.1, 0.15) is 22.7 Å². The molecule has 4 heteroatoms. The molecule has 0 unspecified atom stereocenters. The Balaban J connectivity index is 1.84. The predicted molar refractivity (Wildman–Crippen MR) is 105 cm³/mol. The minimum absolute atomic E-state index is 0.0223. The molecule has 5 atom stereocenters. The molecule has 1 aliphatic heterocycles. The third-order valence-corrected chi connectivity index (χ3v) is 7.61. The highest BCUT2D eigenvalue weighted by atomic mass is 16.5. The van der Waals surface area contributed by atoms with Crippen LogP contribution in [0, 0.1) is 24.2 Å². The van der Waals surface area contributed by atoms with Gasteiger partial charge < -0.3 is 14.9 Å². The number of benzene rings is 1. The zero-order valence-electron chi connectivity index (χ0n) is 16.9. The molecular weight excluding hydrogens is 340 g/mol. The summed E-state index contributed by atoms with van der Waals surface area (Å²) in [5.41, 5.74) is 2.50. The highest BCUT2D eigenvalue weighted by molar-refractivity contribution is 5.94. The van der Waals surface area contributed by atoms with E-state index in [9.17, 15) is 15.0 Å². The van der Waals surface area contributed by atoms with E-state index >= 15 is 0 Å². The van der Waals surface area contributed by atoms with Crippen LogP contribution in [0.3, 0.4) is 0 Å². The van der Waals surface area contributed by atoms with Crippen molar-refractivity contribution in [3.8, 4) is 11.5 Å². The maximum absolute atomic E-state index is 11.7. The van der Waals surface area contributed by atoms with E-state index in [-0.39, 0.29) is 28.2 Å². The largest absolute Gasteiger partial charge is 0.507 e. The fourth-order valence-corrected chi connectivity index (χ4v) is 6.39. The smallest absolute Gasteiger partial charge is 0.339 e. The first-order chi connectivity index (χ1) is 12.6. The number of aryl methyl sites for hydroxylation is 1. The Bertz CT molecular complexity index is 850. The summed E-state index contributed by atoms with van der Waals surface area (Å²) in [5.74, 6) is 0.616. The average Bonchev–Trinajstić information content (AvgIpc) is 2.87. The number of carboxylic acid groups (broad SMARTS) is 1. The fraction of sp³-hybridized carbons (Fsp3) is 0.609. The zero-order chi connectivity index (χ0) is 19.7. The quantitative estimate of drug-likeness (QED) is 0.694. The lowest BCUT2D eigenvalue weighted by Gasteiger charge is -2.63. The second kappa shape index (κ2) is 5.76. The second-order valence-corrected chi connectivity index (χ2v) is 9.52. The predicted octanol–water partition coefficient (Wildman–Crippen LogP) is 5.43. The van der Waals surface area contributed by atoms with Crippen molar-refractivity contribution in [2.24, 2.45) is 17.3 Å². The summed E-state index contributed by atoms with van der Waals surface area (Å²) in [5, 5.41) is 20.6. The SMILES string of the molecule is CC(C)=CCC[C@@]1(C)[C@@H]2CC[C@]3(C)Oc4cc(C)c(C(=O)O)c(O)c4[C@H]1[C@H]23. The summed E-state index contributed by atoms with van der Waals surface area (Å²) in [6, 6.07) is 1.82. The highest BCUT2D eigenvalue weighted by Gasteiger charge is 2.70. The van der Waals surface area contributed by atoms with Gasteiger partial charge in [-0.05, 0) is 76.3 Å². The van der Waals surface area contributed by atoms with Crippen molar-refractivity contribution in [1.29, 1.82) is 0 Å². The average molecular weight is 370 g/mol. The van der Waals surface area contributed by atoms with Crippen LogP contribution in [0.4, 0.5) is 0 Å². The second-order valence-electron chi connectivity index (χ2n) is 9.52. The summed E-state index contributed by atoms with van der Waals surface area (Å²) < 4.78 is 6.41. The number of phenols is 1. The van der Waals surface area contributed by atoms with Gasteiger partial charge in [0.15, 0.2) is 0 Å². The lowest BCUT2D eigenvalue weighted by atomic mass is 9.43. The Labute approximate surface area is 161 Å². The Morgan fingerprint density at radius 2 is 2.07 bits per heavy atom. The topological polar surface area (TPSA) is 66.8 Å². The Kier molecular flexibility index (Phi) is 3.93. The molecule has 2 saturated carbocycles. The molecule has 2 N–H and O–H groups in total. The first-order valence-corrected chi connectivity index (χ1v) is 10.0. The molecule has 27 heavy (non-hydrogen) atoms. The first-order valence-electron chi connectivity index (χ1n) is 10.0. The van der Waals surface area contributed by atoms with E-state index in [1.807, 2.05) is 6.07 Å². The molecule has 0 spiro atoms. The van der Waals surface area contributed by atoms with E-state index in [1.165, 1.54) is 5.57 Å². The Morgan fingerprint density at radius 3 is 2.70 bits per heavy atom. The Morgan fingerprint density at radius 1 is 1.37 bits per heavy atom. The van der Waals surface area contributed by atoms with Gasteiger partial charge in [0.2, 0.25) is 0 Å². The minimum Gasteiger partial charge on any atom is -0.507 e. The van der Waals surface area contributed by atoms with Gasteiger partial charge in [0, 0.05) is 17.4 Å². The fourth-order valence-electron chi connectivity index (χ4n) is 6.39.